The Morgan fingerprint density at radius 1 is 0.979 bits per heavy atom. The topological polar surface area (TPSA) is 174 Å². The van der Waals surface area contributed by atoms with E-state index >= 15 is 0 Å². The smallest absolute Gasteiger partial charge is 0.338 e. The third-order valence-corrected chi connectivity index (χ3v) is 13.2. The summed E-state index contributed by atoms with van der Waals surface area (Å²) in [6, 6.07) is 7.64. The van der Waals surface area contributed by atoms with E-state index in [2.05, 4.69) is 4.90 Å². The van der Waals surface area contributed by atoms with Crippen LogP contribution in [0.4, 0.5) is 0 Å². The summed E-state index contributed by atoms with van der Waals surface area (Å²) in [5, 5.41) is 51.1. The average Bonchev–Trinajstić information content (AvgIpc) is 3.39. The molecule has 0 aromatic heterocycles. The molecule has 7 rings (SSSR count). The zero-order chi connectivity index (χ0) is 33.9. The summed E-state index contributed by atoms with van der Waals surface area (Å²) in [5.74, 6) is -4.34. The number of hydrogen-bond donors (Lipinski definition) is 4. The first-order chi connectivity index (χ1) is 22.3. The molecule has 1 aliphatic heterocycles. The van der Waals surface area contributed by atoms with Gasteiger partial charge in [0.25, 0.3) is 0 Å². The Bertz CT molecular complexity index is 1410. The fourth-order valence-electron chi connectivity index (χ4n) is 12.3. The minimum atomic E-state index is -2.12. The van der Waals surface area contributed by atoms with Gasteiger partial charge >= 0.3 is 11.9 Å². The third-order valence-electron chi connectivity index (χ3n) is 13.2. The summed E-state index contributed by atoms with van der Waals surface area (Å²) in [5.41, 5.74) is -8.15. The van der Waals surface area contributed by atoms with Crippen molar-refractivity contribution in [3.8, 4) is 0 Å². The van der Waals surface area contributed by atoms with Crippen LogP contribution >= 0.6 is 0 Å². The summed E-state index contributed by atoms with van der Waals surface area (Å²) in [4.78, 5) is 29.2. The number of piperidine rings is 1. The van der Waals surface area contributed by atoms with E-state index in [1.165, 1.54) is 28.3 Å². The lowest BCUT2D eigenvalue weighted by molar-refractivity contribution is -0.355. The number of nitrogens with zero attached hydrogens (tertiary/aromatic N) is 1. The Balaban J connectivity index is 1.57. The van der Waals surface area contributed by atoms with Gasteiger partial charge in [-0.25, -0.2) is 4.79 Å². The lowest BCUT2D eigenvalue weighted by Gasteiger charge is -2.72. The van der Waals surface area contributed by atoms with Gasteiger partial charge in [0.05, 0.1) is 42.0 Å². The third kappa shape index (κ3) is 3.65. The van der Waals surface area contributed by atoms with Gasteiger partial charge in [-0.2, -0.15) is 0 Å². The summed E-state index contributed by atoms with van der Waals surface area (Å²) in [6.07, 6.45) is -7.38. The molecule has 5 aliphatic carbocycles. The fourth-order valence-corrected chi connectivity index (χ4v) is 12.3. The normalized spacial score (nSPS) is 50.7. The number of aliphatic hydroxyl groups is 4. The Morgan fingerprint density at radius 2 is 1.68 bits per heavy atom. The lowest BCUT2D eigenvalue weighted by atomic mass is 9.40. The van der Waals surface area contributed by atoms with Crippen molar-refractivity contribution in [2.45, 2.75) is 86.2 Å². The van der Waals surface area contributed by atoms with Crippen molar-refractivity contribution in [3.05, 3.63) is 35.9 Å². The molecule has 1 aromatic rings. The maximum absolute atomic E-state index is 13.8. The van der Waals surface area contributed by atoms with Gasteiger partial charge in [-0.05, 0) is 18.7 Å². The zero-order valence-corrected chi connectivity index (χ0v) is 27.7. The SMILES string of the molecule is CCN1C[C@]2(COC)[C@H](O)C[C@H](OC)C34C1C([C@H](OC)[C@@H]32)[C@]1(OC(C)=O)C2[C@H](OC(=O)c3ccccc3)[C@](O)(C[C@]24O)[C@@H](OC)[C@@H]1O. The van der Waals surface area contributed by atoms with E-state index in [1.807, 2.05) is 6.92 Å². The first-order valence-corrected chi connectivity index (χ1v) is 16.4. The van der Waals surface area contributed by atoms with Crippen molar-refractivity contribution in [2.75, 3.05) is 48.1 Å². The van der Waals surface area contributed by atoms with Crippen LogP contribution in [0.25, 0.3) is 0 Å². The summed E-state index contributed by atoms with van der Waals surface area (Å²) in [6.45, 7) is 4.15. The van der Waals surface area contributed by atoms with Crippen LogP contribution in [0, 0.1) is 28.6 Å². The number of likely N-dealkylation sites (tertiary alicyclic amines) is 1. The highest BCUT2D eigenvalue weighted by Crippen LogP contribution is 2.81. The molecule has 260 valence electrons. The van der Waals surface area contributed by atoms with E-state index in [4.69, 9.17) is 28.4 Å². The molecular weight excluding hydrogens is 614 g/mol. The van der Waals surface area contributed by atoms with Gasteiger partial charge in [-0.15, -0.1) is 0 Å². The van der Waals surface area contributed by atoms with Crippen LogP contribution in [0.1, 0.15) is 37.0 Å². The standard InChI is InChI=1S/C34H47NO12/c1-7-35-15-30(16-42-3)19(37)13-20(43-4)33-23(30)22(44-5)21(25(33)35)34(47-17(2)36)24-27(46-29(39)18-11-9-8-10-12-18)31(40,14-32(24,33)41)28(45-6)26(34)38/h8-12,19-28,37-38,40-41H,7,13-16H2,1-6H3/t19-,20+,21?,22+,23-,24?,25?,26+,27+,28+,30+,31-,32+,33?,34+/m1/s1. The largest absolute Gasteiger partial charge is 0.455 e. The molecule has 5 saturated carbocycles. The van der Waals surface area contributed by atoms with Crippen LogP contribution in [0.3, 0.4) is 0 Å². The highest BCUT2D eigenvalue weighted by Gasteiger charge is 2.96. The maximum Gasteiger partial charge on any atom is 0.338 e. The van der Waals surface area contributed by atoms with Gasteiger partial charge in [0.1, 0.15) is 23.9 Å². The second-order valence-electron chi connectivity index (χ2n) is 14.6. The van der Waals surface area contributed by atoms with Crippen molar-refractivity contribution < 1.29 is 58.4 Å². The number of benzene rings is 1. The average molecular weight is 662 g/mol. The number of fused-ring (bicyclic) bond motifs is 2. The minimum Gasteiger partial charge on any atom is -0.455 e. The highest BCUT2D eigenvalue weighted by atomic mass is 16.6. The van der Waals surface area contributed by atoms with Gasteiger partial charge in [-0.3, -0.25) is 9.69 Å². The summed E-state index contributed by atoms with van der Waals surface area (Å²) >= 11 is 0. The number of ether oxygens (including phenoxy) is 6. The van der Waals surface area contributed by atoms with Crippen molar-refractivity contribution in [1.29, 1.82) is 0 Å². The van der Waals surface area contributed by atoms with E-state index in [9.17, 15) is 30.0 Å². The van der Waals surface area contributed by atoms with Gasteiger partial charge in [0.15, 0.2) is 5.60 Å². The molecule has 7 bridgehead atoms. The predicted molar refractivity (Wildman–Crippen MR) is 162 cm³/mol. The Hall–Kier alpha value is -2.20. The molecule has 1 spiro atoms. The first kappa shape index (κ1) is 33.3. The molecule has 47 heavy (non-hydrogen) atoms. The number of carbonyl (C=O) groups is 2. The molecule has 6 fully saturated rings. The van der Waals surface area contributed by atoms with Crippen LogP contribution < -0.4 is 0 Å². The Morgan fingerprint density at radius 3 is 2.26 bits per heavy atom. The van der Waals surface area contributed by atoms with Crippen molar-refractivity contribution in [1.82, 2.24) is 4.90 Å². The van der Waals surface area contributed by atoms with E-state index in [1.54, 1.807) is 37.4 Å². The van der Waals surface area contributed by atoms with E-state index < -0.39 is 106 Å². The molecule has 15 atom stereocenters. The molecule has 0 radical (unpaired) electrons. The first-order valence-electron chi connectivity index (χ1n) is 16.4. The predicted octanol–water partition coefficient (Wildman–Crippen LogP) is -0.237. The second kappa shape index (κ2) is 10.9. The molecule has 13 heteroatoms. The van der Waals surface area contributed by atoms with E-state index in [0.29, 0.717) is 13.1 Å². The van der Waals surface area contributed by atoms with Crippen LogP contribution in [-0.2, 0) is 33.2 Å². The van der Waals surface area contributed by atoms with Crippen LogP contribution in [-0.4, -0.2) is 145 Å². The monoisotopic (exact) mass is 661 g/mol. The van der Waals surface area contributed by atoms with Crippen molar-refractivity contribution in [2.24, 2.45) is 28.6 Å². The van der Waals surface area contributed by atoms with Gasteiger partial charge < -0.3 is 48.8 Å². The van der Waals surface area contributed by atoms with Gasteiger partial charge in [-0.1, -0.05) is 25.1 Å². The van der Waals surface area contributed by atoms with Crippen molar-refractivity contribution >= 4 is 11.9 Å². The van der Waals surface area contributed by atoms with Crippen LogP contribution in [0.15, 0.2) is 30.3 Å². The quantitative estimate of drug-likeness (QED) is 0.256. The molecule has 13 nitrogen and oxygen atoms in total. The second-order valence-corrected chi connectivity index (χ2v) is 14.6. The van der Waals surface area contributed by atoms with E-state index in [0.717, 1.165) is 0 Å². The van der Waals surface area contributed by atoms with Crippen LogP contribution in [0.2, 0.25) is 0 Å². The molecule has 1 saturated heterocycles. The Kier molecular flexibility index (Phi) is 7.72. The number of carbonyl (C=O) groups excluding carboxylic acids is 2. The fraction of sp³-hybridized carbons (Fsp3) is 0.765. The van der Waals surface area contributed by atoms with Crippen LogP contribution in [0.5, 0.6) is 0 Å². The number of hydrogen-bond acceptors (Lipinski definition) is 13. The maximum atomic E-state index is 13.8. The van der Waals surface area contributed by atoms with Gasteiger partial charge in [0, 0.05) is 83.5 Å². The number of rotatable bonds is 9. The van der Waals surface area contributed by atoms with Gasteiger partial charge in [0.2, 0.25) is 0 Å². The number of aliphatic hydroxyl groups excluding tert-OH is 2. The molecule has 4 unspecified atom stereocenters. The minimum absolute atomic E-state index is 0.119. The zero-order valence-electron chi connectivity index (χ0n) is 27.7. The molecule has 4 N–H and O–H groups in total. The summed E-state index contributed by atoms with van der Waals surface area (Å²) < 4.78 is 36.9. The lowest BCUT2D eigenvalue weighted by Crippen LogP contribution is -2.85. The molecule has 0 amide bonds. The number of esters is 2. The Labute approximate surface area is 274 Å². The molecular formula is C34H47NO12. The molecule has 1 heterocycles. The van der Waals surface area contributed by atoms with E-state index in [-0.39, 0.29) is 18.6 Å². The number of methoxy groups -OCH3 is 4. The highest BCUT2D eigenvalue weighted by molar-refractivity contribution is 5.89. The molecule has 6 aliphatic rings. The van der Waals surface area contributed by atoms with Crippen molar-refractivity contribution in [3.63, 3.8) is 0 Å². The summed E-state index contributed by atoms with van der Waals surface area (Å²) in [7, 11) is 5.94. The molecule has 1 aromatic carbocycles.